The van der Waals surface area contributed by atoms with Gasteiger partial charge in [0.05, 0.1) is 17.6 Å². The normalized spacial score (nSPS) is 11.1. The number of ether oxygens (including phenoxy) is 1. The number of rotatable bonds is 7. The predicted octanol–water partition coefficient (Wildman–Crippen LogP) is 1.46. The van der Waals surface area contributed by atoms with Gasteiger partial charge in [0.25, 0.3) is 5.69 Å². The van der Waals surface area contributed by atoms with Gasteiger partial charge in [-0.15, -0.1) is 0 Å². The van der Waals surface area contributed by atoms with Gasteiger partial charge in [-0.1, -0.05) is 13.3 Å². The summed E-state index contributed by atoms with van der Waals surface area (Å²) in [7, 11) is -2.93. The fraction of sp³-hybridized carbons (Fsp3) is 0.417. The SMILES string of the molecule is CCCCNS(=O)(=O)c1cc([N+](=O)[O-])ccc1C(=O)OC. The summed E-state index contributed by atoms with van der Waals surface area (Å²) in [5.41, 5.74) is -0.661. The number of nitrogens with zero attached hydrogens (tertiary/aromatic N) is 1. The third-order valence-electron chi connectivity index (χ3n) is 2.69. The fourth-order valence-corrected chi connectivity index (χ4v) is 2.87. The Balaban J connectivity index is 3.31. The van der Waals surface area contributed by atoms with Crippen LogP contribution >= 0.6 is 0 Å². The molecule has 8 nitrogen and oxygen atoms in total. The zero-order valence-corrected chi connectivity index (χ0v) is 12.5. The zero-order valence-electron chi connectivity index (χ0n) is 11.7. The number of esters is 1. The standard InChI is InChI=1S/C12H16N2O6S/c1-3-4-7-13-21(18,19)11-8-9(14(16)17)5-6-10(11)12(15)20-2/h5-6,8,13H,3-4,7H2,1-2H3. The van der Waals surface area contributed by atoms with Crippen molar-refractivity contribution in [3.8, 4) is 0 Å². The number of non-ortho nitro benzene ring substituents is 1. The Morgan fingerprint density at radius 2 is 2.10 bits per heavy atom. The maximum atomic E-state index is 12.2. The van der Waals surface area contributed by atoms with E-state index in [9.17, 15) is 23.3 Å². The predicted molar refractivity (Wildman–Crippen MR) is 74.5 cm³/mol. The van der Waals surface area contributed by atoms with Gasteiger partial charge < -0.3 is 4.74 Å². The molecule has 1 aromatic carbocycles. The Hall–Kier alpha value is -2.00. The Morgan fingerprint density at radius 1 is 1.43 bits per heavy atom. The molecule has 1 rings (SSSR count). The Morgan fingerprint density at radius 3 is 2.62 bits per heavy atom. The second-order valence-electron chi connectivity index (χ2n) is 4.18. The van der Waals surface area contributed by atoms with Gasteiger partial charge in [0.1, 0.15) is 4.90 Å². The summed E-state index contributed by atoms with van der Waals surface area (Å²) in [5.74, 6) is -0.874. The molecular formula is C12H16N2O6S. The van der Waals surface area contributed by atoms with Crippen LogP contribution in [0.15, 0.2) is 23.1 Å². The zero-order chi connectivity index (χ0) is 16.0. The van der Waals surface area contributed by atoms with E-state index in [1.165, 1.54) is 0 Å². The molecular weight excluding hydrogens is 300 g/mol. The minimum atomic E-state index is -4.03. The summed E-state index contributed by atoms with van der Waals surface area (Å²) in [6.07, 6.45) is 1.39. The molecule has 116 valence electrons. The van der Waals surface area contributed by atoms with Gasteiger partial charge in [-0.2, -0.15) is 0 Å². The second kappa shape index (κ2) is 7.14. The van der Waals surface area contributed by atoms with Crippen LogP contribution in [0.5, 0.6) is 0 Å². The van der Waals surface area contributed by atoms with Gasteiger partial charge in [0.15, 0.2) is 0 Å². The van der Waals surface area contributed by atoms with Crippen molar-refractivity contribution < 1.29 is 22.9 Å². The van der Waals surface area contributed by atoms with E-state index >= 15 is 0 Å². The van der Waals surface area contributed by atoms with E-state index in [1.54, 1.807) is 0 Å². The lowest BCUT2D eigenvalue weighted by Gasteiger charge is -2.10. The van der Waals surface area contributed by atoms with Crippen LogP contribution in [0.25, 0.3) is 0 Å². The van der Waals surface area contributed by atoms with Gasteiger partial charge in [-0.05, 0) is 12.5 Å². The number of benzene rings is 1. The quantitative estimate of drug-likeness (QED) is 0.352. The number of hydrogen-bond donors (Lipinski definition) is 1. The maximum absolute atomic E-state index is 12.2. The smallest absolute Gasteiger partial charge is 0.339 e. The molecule has 1 N–H and O–H groups in total. The average Bonchev–Trinajstić information content (AvgIpc) is 2.45. The van der Waals surface area contributed by atoms with Crippen LogP contribution in [0.3, 0.4) is 0 Å². The molecule has 0 amide bonds. The van der Waals surface area contributed by atoms with Crippen LogP contribution in [-0.4, -0.2) is 33.0 Å². The lowest BCUT2D eigenvalue weighted by atomic mass is 10.2. The van der Waals surface area contributed by atoms with Crippen LogP contribution in [0.1, 0.15) is 30.1 Å². The summed E-state index contributed by atoms with van der Waals surface area (Å²) in [4.78, 5) is 21.2. The van der Waals surface area contributed by atoms with Crippen molar-refractivity contribution in [2.45, 2.75) is 24.7 Å². The molecule has 0 unspecified atom stereocenters. The Bertz CT molecular complexity index is 641. The van der Waals surface area contributed by atoms with Gasteiger partial charge in [0, 0.05) is 18.7 Å². The van der Waals surface area contributed by atoms with Crippen molar-refractivity contribution in [3.05, 3.63) is 33.9 Å². The molecule has 1 aromatic rings. The number of unbranched alkanes of at least 4 members (excludes halogenated alkanes) is 1. The molecule has 0 aliphatic carbocycles. The molecule has 0 saturated carbocycles. The first-order valence-electron chi connectivity index (χ1n) is 6.20. The molecule has 0 bridgehead atoms. The van der Waals surface area contributed by atoms with Gasteiger partial charge >= 0.3 is 5.97 Å². The highest BCUT2D eigenvalue weighted by Gasteiger charge is 2.25. The molecule has 0 heterocycles. The summed E-state index contributed by atoms with van der Waals surface area (Å²) < 4.78 is 31.2. The number of carbonyl (C=O) groups is 1. The van der Waals surface area contributed by atoms with Gasteiger partial charge in [-0.25, -0.2) is 17.9 Å². The summed E-state index contributed by atoms with van der Waals surface area (Å²) in [6, 6.07) is 2.97. The third-order valence-corrected chi connectivity index (χ3v) is 4.19. The number of sulfonamides is 1. The highest BCUT2D eigenvalue weighted by molar-refractivity contribution is 7.89. The van der Waals surface area contributed by atoms with Crippen molar-refractivity contribution >= 4 is 21.7 Å². The number of nitro groups is 1. The van der Waals surface area contributed by atoms with E-state index in [-0.39, 0.29) is 12.1 Å². The fourth-order valence-electron chi connectivity index (χ4n) is 1.59. The van der Waals surface area contributed by atoms with E-state index in [4.69, 9.17) is 0 Å². The van der Waals surface area contributed by atoms with Gasteiger partial charge in [-0.3, -0.25) is 10.1 Å². The summed E-state index contributed by atoms with van der Waals surface area (Å²) >= 11 is 0. The van der Waals surface area contributed by atoms with Crippen LogP contribution < -0.4 is 4.72 Å². The van der Waals surface area contributed by atoms with Crippen molar-refractivity contribution in [1.82, 2.24) is 4.72 Å². The topological polar surface area (TPSA) is 116 Å². The molecule has 0 spiro atoms. The molecule has 0 aliphatic rings. The number of methoxy groups -OCH3 is 1. The average molecular weight is 316 g/mol. The first-order chi connectivity index (χ1) is 9.83. The second-order valence-corrected chi connectivity index (χ2v) is 5.92. The first kappa shape index (κ1) is 17.1. The number of carbonyl (C=O) groups excluding carboxylic acids is 1. The van der Waals surface area contributed by atoms with Crippen LogP contribution in [0, 0.1) is 10.1 Å². The lowest BCUT2D eigenvalue weighted by molar-refractivity contribution is -0.385. The molecule has 0 aromatic heterocycles. The maximum Gasteiger partial charge on any atom is 0.339 e. The van der Waals surface area contributed by atoms with E-state index in [0.29, 0.717) is 6.42 Å². The van der Waals surface area contributed by atoms with Crippen LogP contribution in [0.4, 0.5) is 5.69 Å². The highest BCUT2D eigenvalue weighted by Crippen LogP contribution is 2.23. The number of hydrogen-bond acceptors (Lipinski definition) is 6. The lowest BCUT2D eigenvalue weighted by Crippen LogP contribution is -2.26. The van der Waals surface area contributed by atoms with Crippen molar-refractivity contribution in [2.24, 2.45) is 0 Å². The molecule has 0 fully saturated rings. The number of nitrogens with one attached hydrogen (secondary N) is 1. The summed E-state index contributed by atoms with van der Waals surface area (Å²) in [5, 5.41) is 10.8. The highest BCUT2D eigenvalue weighted by atomic mass is 32.2. The van der Waals surface area contributed by atoms with Gasteiger partial charge in [0.2, 0.25) is 10.0 Å². The summed E-state index contributed by atoms with van der Waals surface area (Å²) in [6.45, 7) is 2.07. The minimum Gasteiger partial charge on any atom is -0.465 e. The van der Waals surface area contributed by atoms with E-state index in [2.05, 4.69) is 9.46 Å². The van der Waals surface area contributed by atoms with E-state index in [0.717, 1.165) is 31.7 Å². The molecule has 21 heavy (non-hydrogen) atoms. The minimum absolute atomic E-state index is 0.183. The van der Waals surface area contributed by atoms with E-state index < -0.39 is 31.5 Å². The molecule has 0 atom stereocenters. The molecule has 0 saturated heterocycles. The molecule has 9 heteroatoms. The van der Waals surface area contributed by atoms with Crippen molar-refractivity contribution in [2.75, 3.05) is 13.7 Å². The third kappa shape index (κ3) is 4.23. The monoisotopic (exact) mass is 316 g/mol. The molecule has 0 aliphatic heterocycles. The van der Waals surface area contributed by atoms with E-state index in [1.807, 2.05) is 6.92 Å². The Kier molecular flexibility index (Phi) is 5.79. The van der Waals surface area contributed by atoms with Crippen LogP contribution in [0.2, 0.25) is 0 Å². The largest absolute Gasteiger partial charge is 0.465 e. The van der Waals surface area contributed by atoms with Crippen molar-refractivity contribution in [1.29, 1.82) is 0 Å². The first-order valence-corrected chi connectivity index (χ1v) is 7.68. The molecule has 0 radical (unpaired) electrons. The number of nitro benzene ring substituents is 1. The van der Waals surface area contributed by atoms with Crippen molar-refractivity contribution in [3.63, 3.8) is 0 Å². The van der Waals surface area contributed by atoms with Crippen LogP contribution in [-0.2, 0) is 14.8 Å². The Labute approximate surface area is 122 Å².